The van der Waals surface area contributed by atoms with Crippen LogP contribution in [0.5, 0.6) is 0 Å². The Labute approximate surface area is 139 Å². The number of nitrogens with zero attached hydrogens (tertiary/aromatic N) is 1. The number of amides is 2. The van der Waals surface area contributed by atoms with Crippen molar-refractivity contribution in [1.82, 2.24) is 10.2 Å². The van der Waals surface area contributed by atoms with Crippen molar-refractivity contribution in [3.05, 3.63) is 29.8 Å². The van der Waals surface area contributed by atoms with Gasteiger partial charge in [0.25, 0.3) is 0 Å². The Morgan fingerprint density at radius 3 is 2.04 bits per heavy atom. The van der Waals surface area contributed by atoms with Crippen LogP contribution in [0.1, 0.15) is 46.1 Å². The number of hydrogen-bond donors (Lipinski definition) is 2. The topological polar surface area (TPSA) is 61.4 Å². The maximum absolute atomic E-state index is 12.1. The second-order valence-electron chi connectivity index (χ2n) is 6.35. The zero-order chi connectivity index (χ0) is 17.4. The van der Waals surface area contributed by atoms with E-state index in [0.29, 0.717) is 12.5 Å². The molecule has 0 aliphatic heterocycles. The highest BCUT2D eigenvalue weighted by Gasteiger charge is 2.13. The smallest absolute Gasteiger partial charge is 0.238 e. The van der Waals surface area contributed by atoms with Crippen LogP contribution in [0.2, 0.25) is 0 Å². The molecule has 0 aliphatic carbocycles. The second kappa shape index (κ2) is 9.30. The molecule has 0 aromatic heterocycles. The standard InChI is InChI=1S/C18H29N3O2/c1-6-21(11-17(22)19-14(4)5)12-18(23)20-16-9-7-15(8-10-16)13(2)3/h7-10,13-14H,6,11-12H2,1-5H3,(H,19,22)(H,20,23). The fraction of sp³-hybridized carbons (Fsp3) is 0.556. The van der Waals surface area contributed by atoms with Crippen molar-refractivity contribution in [1.29, 1.82) is 0 Å². The minimum Gasteiger partial charge on any atom is -0.353 e. The first-order valence-corrected chi connectivity index (χ1v) is 8.23. The molecular weight excluding hydrogens is 290 g/mol. The zero-order valence-electron chi connectivity index (χ0n) is 14.8. The largest absolute Gasteiger partial charge is 0.353 e. The third kappa shape index (κ3) is 7.28. The first-order chi connectivity index (χ1) is 10.8. The summed E-state index contributed by atoms with van der Waals surface area (Å²) in [5.74, 6) is 0.298. The molecule has 128 valence electrons. The van der Waals surface area contributed by atoms with Crippen LogP contribution in [0.4, 0.5) is 5.69 Å². The van der Waals surface area contributed by atoms with Crippen molar-refractivity contribution in [3.63, 3.8) is 0 Å². The summed E-state index contributed by atoms with van der Waals surface area (Å²) < 4.78 is 0. The van der Waals surface area contributed by atoms with E-state index in [4.69, 9.17) is 0 Å². The number of likely N-dealkylation sites (N-methyl/N-ethyl adjacent to an activating group) is 1. The van der Waals surface area contributed by atoms with Gasteiger partial charge in [0.05, 0.1) is 13.1 Å². The van der Waals surface area contributed by atoms with Crippen molar-refractivity contribution in [2.45, 2.75) is 46.6 Å². The Morgan fingerprint density at radius 2 is 1.57 bits per heavy atom. The lowest BCUT2D eigenvalue weighted by molar-refractivity contribution is -0.123. The molecule has 0 spiro atoms. The predicted molar refractivity (Wildman–Crippen MR) is 94.6 cm³/mol. The Balaban J connectivity index is 2.51. The highest BCUT2D eigenvalue weighted by Crippen LogP contribution is 2.17. The molecule has 1 rings (SSSR count). The molecule has 0 unspecified atom stereocenters. The molecule has 0 aliphatic rings. The molecule has 2 N–H and O–H groups in total. The number of carbonyl (C=O) groups is 2. The van der Waals surface area contributed by atoms with Crippen molar-refractivity contribution in [2.24, 2.45) is 0 Å². The van der Waals surface area contributed by atoms with Crippen LogP contribution in [0, 0.1) is 0 Å². The molecule has 0 saturated carbocycles. The van der Waals surface area contributed by atoms with Gasteiger partial charge in [-0.25, -0.2) is 0 Å². The van der Waals surface area contributed by atoms with E-state index in [1.807, 2.05) is 49.9 Å². The maximum Gasteiger partial charge on any atom is 0.238 e. The van der Waals surface area contributed by atoms with Crippen LogP contribution in [0.15, 0.2) is 24.3 Å². The summed E-state index contributed by atoms with van der Waals surface area (Å²) in [7, 11) is 0. The van der Waals surface area contributed by atoms with Gasteiger partial charge in [0, 0.05) is 11.7 Å². The van der Waals surface area contributed by atoms with E-state index in [0.717, 1.165) is 5.69 Å². The van der Waals surface area contributed by atoms with Gasteiger partial charge in [-0.2, -0.15) is 0 Å². The number of anilines is 1. The van der Waals surface area contributed by atoms with Crippen molar-refractivity contribution in [2.75, 3.05) is 25.0 Å². The molecule has 0 saturated heterocycles. The van der Waals surface area contributed by atoms with Crippen LogP contribution in [-0.2, 0) is 9.59 Å². The number of rotatable bonds is 8. The molecule has 0 fully saturated rings. The lowest BCUT2D eigenvalue weighted by atomic mass is 10.0. The van der Waals surface area contributed by atoms with Crippen LogP contribution >= 0.6 is 0 Å². The molecule has 0 atom stereocenters. The number of benzene rings is 1. The lowest BCUT2D eigenvalue weighted by Gasteiger charge is -2.20. The van der Waals surface area contributed by atoms with Gasteiger partial charge in [-0.15, -0.1) is 0 Å². The number of carbonyl (C=O) groups excluding carboxylic acids is 2. The average Bonchev–Trinajstić information content (AvgIpc) is 2.46. The van der Waals surface area contributed by atoms with E-state index in [1.165, 1.54) is 5.56 Å². The minimum absolute atomic E-state index is 0.0593. The van der Waals surface area contributed by atoms with Crippen LogP contribution < -0.4 is 10.6 Å². The van der Waals surface area contributed by atoms with Gasteiger partial charge in [0.1, 0.15) is 0 Å². The molecule has 0 bridgehead atoms. The van der Waals surface area contributed by atoms with E-state index in [9.17, 15) is 9.59 Å². The van der Waals surface area contributed by atoms with Crippen LogP contribution in [-0.4, -0.2) is 42.4 Å². The van der Waals surface area contributed by atoms with E-state index in [1.54, 1.807) is 0 Å². The summed E-state index contributed by atoms with van der Waals surface area (Å²) >= 11 is 0. The van der Waals surface area contributed by atoms with Crippen molar-refractivity contribution in [3.8, 4) is 0 Å². The molecule has 5 nitrogen and oxygen atoms in total. The molecule has 1 aromatic carbocycles. The molecular formula is C18H29N3O2. The maximum atomic E-state index is 12.1. The average molecular weight is 319 g/mol. The Morgan fingerprint density at radius 1 is 1.00 bits per heavy atom. The van der Waals surface area contributed by atoms with Gasteiger partial charge < -0.3 is 10.6 Å². The predicted octanol–water partition coefficient (Wildman–Crippen LogP) is 2.60. The van der Waals surface area contributed by atoms with E-state index < -0.39 is 0 Å². The molecule has 23 heavy (non-hydrogen) atoms. The summed E-state index contributed by atoms with van der Waals surface area (Å²) in [6.07, 6.45) is 0. The summed E-state index contributed by atoms with van der Waals surface area (Å²) in [6.45, 7) is 11.1. The third-order valence-corrected chi connectivity index (χ3v) is 3.49. The molecule has 2 amide bonds. The summed E-state index contributed by atoms with van der Waals surface area (Å²) in [4.78, 5) is 25.7. The Hall–Kier alpha value is -1.88. The monoisotopic (exact) mass is 319 g/mol. The summed E-state index contributed by atoms with van der Waals surface area (Å²) in [5, 5.41) is 5.71. The summed E-state index contributed by atoms with van der Waals surface area (Å²) in [5.41, 5.74) is 2.02. The van der Waals surface area contributed by atoms with E-state index in [-0.39, 0.29) is 30.9 Å². The van der Waals surface area contributed by atoms with Gasteiger partial charge in [-0.1, -0.05) is 32.9 Å². The minimum atomic E-state index is -0.110. The molecule has 1 aromatic rings. The molecule has 0 radical (unpaired) electrons. The van der Waals surface area contributed by atoms with Gasteiger partial charge in [-0.3, -0.25) is 14.5 Å². The van der Waals surface area contributed by atoms with Gasteiger partial charge in [-0.05, 0) is 44.0 Å². The number of nitrogens with one attached hydrogen (secondary N) is 2. The highest BCUT2D eigenvalue weighted by atomic mass is 16.2. The van der Waals surface area contributed by atoms with Gasteiger partial charge >= 0.3 is 0 Å². The van der Waals surface area contributed by atoms with E-state index >= 15 is 0 Å². The zero-order valence-corrected chi connectivity index (χ0v) is 14.8. The highest BCUT2D eigenvalue weighted by molar-refractivity contribution is 5.92. The normalized spacial score (nSPS) is 11.1. The fourth-order valence-electron chi connectivity index (χ4n) is 2.21. The molecule has 5 heteroatoms. The third-order valence-electron chi connectivity index (χ3n) is 3.49. The SMILES string of the molecule is CCN(CC(=O)Nc1ccc(C(C)C)cc1)CC(=O)NC(C)C. The lowest BCUT2D eigenvalue weighted by Crippen LogP contribution is -2.42. The van der Waals surface area contributed by atoms with Crippen molar-refractivity contribution < 1.29 is 9.59 Å². The Bertz CT molecular complexity index is 510. The van der Waals surface area contributed by atoms with Crippen molar-refractivity contribution >= 4 is 17.5 Å². The van der Waals surface area contributed by atoms with E-state index in [2.05, 4.69) is 24.5 Å². The van der Waals surface area contributed by atoms with Crippen LogP contribution in [0.3, 0.4) is 0 Å². The first kappa shape index (κ1) is 19.2. The second-order valence-corrected chi connectivity index (χ2v) is 6.35. The summed E-state index contributed by atoms with van der Waals surface area (Å²) in [6, 6.07) is 7.97. The quantitative estimate of drug-likeness (QED) is 0.774. The molecule has 0 heterocycles. The van der Waals surface area contributed by atoms with Gasteiger partial charge in [0.2, 0.25) is 11.8 Å². The fourth-order valence-corrected chi connectivity index (χ4v) is 2.21. The van der Waals surface area contributed by atoms with Crippen LogP contribution in [0.25, 0.3) is 0 Å². The number of hydrogen-bond acceptors (Lipinski definition) is 3. The Kier molecular flexibility index (Phi) is 7.75. The van der Waals surface area contributed by atoms with Gasteiger partial charge in [0.15, 0.2) is 0 Å². The first-order valence-electron chi connectivity index (χ1n) is 8.23.